The molecule has 174 valence electrons. The molecule has 0 aliphatic carbocycles. The fourth-order valence-corrected chi connectivity index (χ4v) is 5.56. The summed E-state index contributed by atoms with van der Waals surface area (Å²) in [5.41, 5.74) is 6.84. The molecule has 8 aromatic rings. The standard InChI is InChI=1S/C34H21NO2/c1-2-8-23(9-3-1)35(25-16-18-28-27-10-4-6-12-30(27)37-33(28)21-25)24-15-17-26-22(20-24)14-19-32-34(26)29-11-5-7-13-31(29)36-32/h1-21H. The van der Waals surface area contributed by atoms with Crippen molar-refractivity contribution < 1.29 is 8.83 Å². The molecule has 2 heterocycles. The summed E-state index contributed by atoms with van der Waals surface area (Å²) >= 11 is 0. The number of anilines is 3. The lowest BCUT2D eigenvalue weighted by Gasteiger charge is -2.25. The van der Waals surface area contributed by atoms with Gasteiger partial charge in [0.1, 0.15) is 22.3 Å². The van der Waals surface area contributed by atoms with Crippen LogP contribution in [0.1, 0.15) is 0 Å². The lowest BCUT2D eigenvalue weighted by atomic mass is 10.0. The van der Waals surface area contributed by atoms with Crippen LogP contribution in [0.3, 0.4) is 0 Å². The number of hydrogen-bond acceptors (Lipinski definition) is 3. The fraction of sp³-hybridized carbons (Fsp3) is 0. The van der Waals surface area contributed by atoms with E-state index in [-0.39, 0.29) is 0 Å². The second kappa shape index (κ2) is 7.74. The average Bonchev–Trinajstić information content (AvgIpc) is 3.52. The van der Waals surface area contributed by atoms with Gasteiger partial charge in [0.05, 0.1) is 0 Å². The molecule has 0 atom stereocenters. The number of para-hydroxylation sites is 3. The van der Waals surface area contributed by atoms with Gasteiger partial charge < -0.3 is 13.7 Å². The highest BCUT2D eigenvalue weighted by molar-refractivity contribution is 6.19. The van der Waals surface area contributed by atoms with Crippen LogP contribution >= 0.6 is 0 Å². The molecule has 0 fully saturated rings. The highest BCUT2D eigenvalue weighted by Crippen LogP contribution is 2.41. The van der Waals surface area contributed by atoms with E-state index in [0.29, 0.717) is 0 Å². The van der Waals surface area contributed by atoms with Crippen LogP contribution in [0.25, 0.3) is 54.6 Å². The molecular weight excluding hydrogens is 454 g/mol. The van der Waals surface area contributed by atoms with Crippen molar-refractivity contribution in [1.29, 1.82) is 0 Å². The van der Waals surface area contributed by atoms with Crippen molar-refractivity contribution in [2.45, 2.75) is 0 Å². The molecule has 0 radical (unpaired) electrons. The fourth-order valence-electron chi connectivity index (χ4n) is 5.56. The molecule has 0 saturated heterocycles. The summed E-state index contributed by atoms with van der Waals surface area (Å²) < 4.78 is 12.4. The zero-order valence-electron chi connectivity index (χ0n) is 19.9. The van der Waals surface area contributed by atoms with Crippen molar-refractivity contribution in [2.24, 2.45) is 0 Å². The van der Waals surface area contributed by atoms with Gasteiger partial charge in [-0.3, -0.25) is 0 Å². The van der Waals surface area contributed by atoms with E-state index in [1.807, 2.05) is 30.3 Å². The maximum absolute atomic E-state index is 6.23. The van der Waals surface area contributed by atoms with Crippen LogP contribution < -0.4 is 4.90 Å². The van der Waals surface area contributed by atoms with Crippen LogP contribution in [0.2, 0.25) is 0 Å². The van der Waals surface area contributed by atoms with E-state index in [2.05, 4.69) is 102 Å². The molecule has 0 bridgehead atoms. The van der Waals surface area contributed by atoms with Gasteiger partial charge in [0.25, 0.3) is 0 Å². The van der Waals surface area contributed by atoms with Crippen LogP contribution in [0.5, 0.6) is 0 Å². The minimum absolute atomic E-state index is 0.881. The van der Waals surface area contributed by atoms with E-state index >= 15 is 0 Å². The summed E-state index contributed by atoms with van der Waals surface area (Å²) in [4.78, 5) is 2.28. The topological polar surface area (TPSA) is 29.5 Å². The van der Waals surface area contributed by atoms with Crippen LogP contribution in [0.15, 0.2) is 136 Å². The highest BCUT2D eigenvalue weighted by Gasteiger charge is 2.17. The van der Waals surface area contributed by atoms with E-state index < -0.39 is 0 Å². The van der Waals surface area contributed by atoms with E-state index in [1.165, 1.54) is 10.8 Å². The summed E-state index contributed by atoms with van der Waals surface area (Å²) in [6, 6.07) is 44.3. The first-order valence-electron chi connectivity index (χ1n) is 12.4. The molecule has 3 nitrogen and oxygen atoms in total. The number of hydrogen-bond donors (Lipinski definition) is 0. The Labute approximate surface area is 212 Å². The summed E-state index contributed by atoms with van der Waals surface area (Å²) in [5.74, 6) is 0. The average molecular weight is 476 g/mol. The normalized spacial score (nSPS) is 11.8. The van der Waals surface area contributed by atoms with Crippen molar-refractivity contribution in [3.63, 3.8) is 0 Å². The van der Waals surface area contributed by atoms with Gasteiger partial charge in [-0.1, -0.05) is 66.7 Å². The first-order chi connectivity index (χ1) is 18.3. The van der Waals surface area contributed by atoms with E-state index in [4.69, 9.17) is 8.83 Å². The van der Waals surface area contributed by atoms with Gasteiger partial charge in [0.2, 0.25) is 0 Å². The molecule has 0 spiro atoms. The van der Waals surface area contributed by atoms with E-state index in [9.17, 15) is 0 Å². The van der Waals surface area contributed by atoms with Crippen LogP contribution in [-0.4, -0.2) is 0 Å². The van der Waals surface area contributed by atoms with Gasteiger partial charge in [-0.05, 0) is 65.4 Å². The molecule has 0 N–H and O–H groups in total. The van der Waals surface area contributed by atoms with Crippen molar-refractivity contribution >= 4 is 71.7 Å². The molecule has 6 aromatic carbocycles. The third-order valence-electron chi connectivity index (χ3n) is 7.23. The summed E-state index contributed by atoms with van der Waals surface area (Å²) in [5, 5.41) is 6.92. The molecule has 37 heavy (non-hydrogen) atoms. The summed E-state index contributed by atoms with van der Waals surface area (Å²) in [6.07, 6.45) is 0. The number of benzene rings is 6. The summed E-state index contributed by atoms with van der Waals surface area (Å²) in [6.45, 7) is 0. The molecule has 0 amide bonds. The minimum atomic E-state index is 0.881. The van der Waals surface area contributed by atoms with Crippen LogP contribution in [0, 0.1) is 0 Å². The lowest BCUT2D eigenvalue weighted by molar-refractivity contribution is 0.668. The molecular formula is C34H21NO2. The molecule has 0 unspecified atom stereocenters. The zero-order valence-corrected chi connectivity index (χ0v) is 19.9. The van der Waals surface area contributed by atoms with E-state index in [1.54, 1.807) is 0 Å². The quantitative estimate of drug-likeness (QED) is 0.255. The van der Waals surface area contributed by atoms with Crippen molar-refractivity contribution in [2.75, 3.05) is 4.90 Å². The minimum Gasteiger partial charge on any atom is -0.456 e. The first kappa shape index (κ1) is 20.2. The molecule has 0 aliphatic rings. The Kier molecular flexibility index (Phi) is 4.23. The SMILES string of the molecule is c1ccc(N(c2ccc3c(ccc4oc5ccccc5c43)c2)c2ccc3c(c2)oc2ccccc23)cc1. The van der Waals surface area contributed by atoms with Crippen molar-refractivity contribution in [3.8, 4) is 0 Å². The lowest BCUT2D eigenvalue weighted by Crippen LogP contribution is -2.09. The smallest absolute Gasteiger partial charge is 0.137 e. The summed E-state index contributed by atoms with van der Waals surface area (Å²) in [7, 11) is 0. The third-order valence-corrected chi connectivity index (χ3v) is 7.23. The van der Waals surface area contributed by atoms with Gasteiger partial charge in [-0.15, -0.1) is 0 Å². The zero-order chi connectivity index (χ0) is 24.3. The second-order valence-corrected chi connectivity index (χ2v) is 9.39. The first-order valence-corrected chi connectivity index (χ1v) is 12.4. The number of rotatable bonds is 3. The Bertz CT molecular complexity index is 2100. The van der Waals surface area contributed by atoms with Gasteiger partial charge in [-0.25, -0.2) is 0 Å². The predicted molar refractivity (Wildman–Crippen MR) is 153 cm³/mol. The largest absolute Gasteiger partial charge is 0.456 e. The third kappa shape index (κ3) is 3.08. The van der Waals surface area contributed by atoms with Crippen molar-refractivity contribution in [1.82, 2.24) is 0 Å². The number of fused-ring (bicyclic) bond motifs is 8. The Hall–Kier alpha value is -5.02. The van der Waals surface area contributed by atoms with Crippen LogP contribution in [0.4, 0.5) is 17.1 Å². The maximum Gasteiger partial charge on any atom is 0.137 e. The predicted octanol–water partition coefficient (Wildman–Crippen LogP) is 10.1. The molecule has 0 aliphatic heterocycles. The molecule has 3 heteroatoms. The Morgan fingerprint density at radius 2 is 1.00 bits per heavy atom. The highest BCUT2D eigenvalue weighted by atomic mass is 16.3. The second-order valence-electron chi connectivity index (χ2n) is 9.39. The van der Waals surface area contributed by atoms with Gasteiger partial charge in [-0.2, -0.15) is 0 Å². The van der Waals surface area contributed by atoms with Gasteiger partial charge >= 0.3 is 0 Å². The molecule has 0 saturated carbocycles. The molecule has 8 rings (SSSR count). The van der Waals surface area contributed by atoms with Gasteiger partial charge in [0, 0.05) is 44.7 Å². The Balaban J connectivity index is 1.35. The maximum atomic E-state index is 6.23. The Morgan fingerprint density at radius 1 is 0.378 bits per heavy atom. The van der Waals surface area contributed by atoms with Gasteiger partial charge in [0.15, 0.2) is 0 Å². The number of furan rings is 2. The Morgan fingerprint density at radius 3 is 1.84 bits per heavy atom. The molecule has 2 aromatic heterocycles. The number of nitrogens with zero attached hydrogens (tertiary/aromatic N) is 1. The van der Waals surface area contributed by atoms with Crippen molar-refractivity contribution in [3.05, 3.63) is 127 Å². The van der Waals surface area contributed by atoms with E-state index in [0.717, 1.165) is 60.9 Å². The van der Waals surface area contributed by atoms with Crippen LogP contribution in [-0.2, 0) is 0 Å². The monoisotopic (exact) mass is 475 g/mol.